The molecule has 0 aliphatic carbocycles. The van der Waals surface area contributed by atoms with Gasteiger partial charge in [0.2, 0.25) is 0 Å². The Balaban J connectivity index is 2.29. The van der Waals surface area contributed by atoms with Crippen LogP contribution in [0.25, 0.3) is 0 Å². The molecule has 0 unspecified atom stereocenters. The van der Waals surface area contributed by atoms with Crippen LogP contribution in [0.1, 0.15) is 17.5 Å². The third-order valence-corrected chi connectivity index (χ3v) is 11.6. The van der Waals surface area contributed by atoms with Crippen LogP contribution in [0, 0.1) is 0 Å². The molecule has 0 aromatic heterocycles. The van der Waals surface area contributed by atoms with Gasteiger partial charge in [0.25, 0.3) is 0 Å². The van der Waals surface area contributed by atoms with Gasteiger partial charge in [0, 0.05) is 0 Å². The first-order valence-electron chi connectivity index (χ1n) is 10.1. The van der Waals surface area contributed by atoms with Crippen LogP contribution in [0.5, 0.6) is 0 Å². The molecule has 2 aliphatic heterocycles. The molecule has 0 fully saturated rings. The summed E-state index contributed by atoms with van der Waals surface area (Å²) in [5.74, 6) is 0. The second kappa shape index (κ2) is 7.60. The van der Waals surface area contributed by atoms with Crippen molar-refractivity contribution >= 4 is 24.0 Å². The van der Waals surface area contributed by atoms with Crippen molar-refractivity contribution in [3.8, 4) is 0 Å². The zero-order valence-corrected chi connectivity index (χ0v) is 18.7. The predicted octanol–water partition coefficient (Wildman–Crippen LogP) is 6.31. The van der Waals surface area contributed by atoms with Gasteiger partial charge in [-0.15, -0.1) is 0 Å². The standard InChI is InChI=1S/C21H13F12O3P/c22-18(23,24)16(19(25,26)27)12-6-1-3-8-14(12)37(35-16,11-5-10-34)15-9-4-2-7-13(15)17(36-37,20(28,29)30)21(31,32)33/h1-4,6-10H,5,11H2. The molecule has 2 aliphatic rings. The van der Waals surface area contributed by atoms with Gasteiger partial charge >= 0.3 is 199 Å². The number of hydrogen-bond donors (Lipinski definition) is 0. The number of carbonyl (C=O) groups is 1. The summed E-state index contributed by atoms with van der Waals surface area (Å²) in [4.78, 5) is 11.3. The normalized spacial score (nSPS) is 22.6. The Morgan fingerprint density at radius 3 is 1.24 bits per heavy atom. The molecule has 16 heteroatoms. The molecular formula is C21H13F12O3P. The maximum atomic E-state index is 14.4. The molecule has 4 rings (SSSR count). The molecule has 0 saturated heterocycles. The van der Waals surface area contributed by atoms with E-state index < -0.39 is 77.3 Å². The summed E-state index contributed by atoms with van der Waals surface area (Å²) in [5.41, 5.74) is -14.3. The quantitative estimate of drug-likeness (QED) is 0.246. The van der Waals surface area contributed by atoms with Crippen LogP contribution >= 0.6 is 7.06 Å². The number of alkyl halides is 12. The minimum absolute atomic E-state index is 0.0816. The average molecular weight is 572 g/mol. The molecule has 3 nitrogen and oxygen atoms in total. The number of fused-ring (bicyclic) bond motifs is 4. The van der Waals surface area contributed by atoms with E-state index in [0.717, 1.165) is 12.1 Å². The summed E-state index contributed by atoms with van der Waals surface area (Å²) in [5, 5.41) is -2.54. The third-order valence-electron chi connectivity index (χ3n) is 6.45. The summed E-state index contributed by atoms with van der Waals surface area (Å²) < 4.78 is 182. The van der Waals surface area contributed by atoms with Gasteiger partial charge in [0.15, 0.2) is 0 Å². The monoisotopic (exact) mass is 572 g/mol. The van der Waals surface area contributed by atoms with Crippen LogP contribution in [0.2, 0.25) is 0 Å². The van der Waals surface area contributed by atoms with Crippen molar-refractivity contribution in [1.29, 1.82) is 0 Å². The van der Waals surface area contributed by atoms with Gasteiger partial charge in [-0.2, -0.15) is 0 Å². The molecule has 2 aromatic rings. The van der Waals surface area contributed by atoms with Crippen LogP contribution < -0.4 is 10.6 Å². The zero-order chi connectivity index (χ0) is 27.9. The number of carbonyl (C=O) groups excluding carboxylic acids is 1. The fraction of sp³-hybridized carbons (Fsp3) is 0.381. The fourth-order valence-electron chi connectivity index (χ4n) is 5.11. The zero-order valence-electron chi connectivity index (χ0n) is 17.8. The molecule has 37 heavy (non-hydrogen) atoms. The number of benzene rings is 2. The first-order valence-corrected chi connectivity index (χ1v) is 12.4. The van der Waals surface area contributed by atoms with Crippen molar-refractivity contribution in [1.82, 2.24) is 0 Å². The fourth-order valence-corrected chi connectivity index (χ4v) is 11.0. The van der Waals surface area contributed by atoms with Crippen molar-refractivity contribution in [2.24, 2.45) is 0 Å². The predicted molar refractivity (Wildman–Crippen MR) is 104 cm³/mol. The van der Waals surface area contributed by atoms with E-state index in [1.807, 2.05) is 0 Å². The van der Waals surface area contributed by atoms with E-state index in [9.17, 15) is 57.5 Å². The van der Waals surface area contributed by atoms with Crippen LogP contribution in [0.3, 0.4) is 0 Å². The molecule has 2 aromatic carbocycles. The first kappa shape index (κ1) is 27.6. The topological polar surface area (TPSA) is 35.5 Å². The Morgan fingerprint density at radius 2 is 0.946 bits per heavy atom. The number of rotatable bonds is 3. The van der Waals surface area contributed by atoms with Crippen molar-refractivity contribution in [3.05, 3.63) is 59.7 Å². The van der Waals surface area contributed by atoms with E-state index in [0.29, 0.717) is 24.3 Å². The second-order valence-electron chi connectivity index (χ2n) is 8.38. The molecule has 0 amide bonds. The Bertz CT molecular complexity index is 1130. The maximum absolute atomic E-state index is 14.4. The van der Waals surface area contributed by atoms with Crippen molar-refractivity contribution in [2.45, 2.75) is 42.3 Å². The molecule has 0 atom stereocenters. The van der Waals surface area contributed by atoms with Gasteiger partial charge < -0.3 is 0 Å². The molecule has 0 N–H and O–H groups in total. The third kappa shape index (κ3) is 3.13. The van der Waals surface area contributed by atoms with Crippen LogP contribution in [0.4, 0.5) is 52.7 Å². The van der Waals surface area contributed by atoms with Gasteiger partial charge in [-0.3, -0.25) is 0 Å². The van der Waals surface area contributed by atoms with Crippen molar-refractivity contribution < 1.29 is 66.5 Å². The molecule has 0 radical (unpaired) electrons. The molecule has 2 heterocycles. The Kier molecular flexibility index (Phi) is 5.68. The van der Waals surface area contributed by atoms with Gasteiger partial charge in [-0.05, 0) is 0 Å². The summed E-state index contributed by atoms with van der Waals surface area (Å²) in [7, 11) is -6.73. The van der Waals surface area contributed by atoms with Gasteiger partial charge in [0.1, 0.15) is 0 Å². The van der Waals surface area contributed by atoms with E-state index in [4.69, 9.17) is 9.05 Å². The van der Waals surface area contributed by atoms with Gasteiger partial charge in [-0.1, -0.05) is 0 Å². The van der Waals surface area contributed by atoms with Crippen LogP contribution in [-0.2, 0) is 25.0 Å². The summed E-state index contributed by atoms with van der Waals surface area (Å²) in [6.45, 7) is 0. The summed E-state index contributed by atoms with van der Waals surface area (Å²) in [6, 6.07) is 4.57. The van der Waals surface area contributed by atoms with Crippen LogP contribution in [-0.4, -0.2) is 37.2 Å². The average Bonchev–Trinajstić information content (AvgIpc) is 3.21. The molecule has 0 saturated carbocycles. The molecule has 1 spiro atoms. The Labute approximate surface area is 199 Å². The van der Waals surface area contributed by atoms with E-state index in [2.05, 4.69) is 0 Å². The van der Waals surface area contributed by atoms with E-state index >= 15 is 0 Å². The molecule has 0 bridgehead atoms. The number of aldehydes is 1. The van der Waals surface area contributed by atoms with Gasteiger partial charge in [-0.25, -0.2) is 0 Å². The van der Waals surface area contributed by atoms with Crippen molar-refractivity contribution in [2.75, 3.05) is 6.16 Å². The summed E-state index contributed by atoms with van der Waals surface area (Å²) in [6.07, 6.45) is -28.3. The van der Waals surface area contributed by atoms with E-state index in [-0.39, 0.29) is 18.4 Å². The van der Waals surface area contributed by atoms with E-state index in [1.165, 1.54) is 0 Å². The SMILES string of the molecule is O=CCCP12(OC(C(F)(F)F)(C(F)(F)F)c3ccccc31)OC(C(F)(F)F)(C(F)(F)F)c1ccccc12. The second-order valence-corrected chi connectivity index (χ2v) is 12.4. The minimum atomic E-state index is -6.73. The van der Waals surface area contributed by atoms with Gasteiger partial charge in [0.05, 0.1) is 0 Å². The first-order chi connectivity index (χ1) is 16.8. The number of hydrogen-bond acceptors (Lipinski definition) is 3. The summed E-state index contributed by atoms with van der Waals surface area (Å²) >= 11 is 0. The number of halogens is 12. The van der Waals surface area contributed by atoms with E-state index in [1.54, 1.807) is 0 Å². The van der Waals surface area contributed by atoms with Crippen molar-refractivity contribution in [3.63, 3.8) is 0 Å². The molecule has 204 valence electrons. The van der Waals surface area contributed by atoms with Crippen LogP contribution in [0.15, 0.2) is 48.5 Å². The molecular weight excluding hydrogens is 559 g/mol. The Morgan fingerprint density at radius 1 is 0.622 bits per heavy atom. The Hall–Kier alpha value is -2.38.